The van der Waals surface area contributed by atoms with Crippen LogP contribution in [-0.4, -0.2) is 39.8 Å². The van der Waals surface area contributed by atoms with Gasteiger partial charge in [0.2, 0.25) is 5.75 Å². The summed E-state index contributed by atoms with van der Waals surface area (Å²) >= 11 is 5.84. The number of carbonyl (C=O) groups is 2. The van der Waals surface area contributed by atoms with E-state index >= 15 is 0 Å². The number of hydrogen-bond acceptors (Lipinski definition) is 6. The number of carbonyl (C=O) groups excluding carboxylic acids is 2. The van der Waals surface area contributed by atoms with Gasteiger partial charge in [-0.2, -0.15) is 0 Å². The maximum absolute atomic E-state index is 12.1. The number of rotatable bonds is 9. The first-order valence-electron chi connectivity index (χ1n) is 8.17. The molecule has 150 valence electrons. The predicted octanol–water partition coefficient (Wildman–Crippen LogP) is 2.16. The smallest absolute Gasteiger partial charge is 0.258 e. The van der Waals surface area contributed by atoms with Gasteiger partial charge in [-0.05, 0) is 35.9 Å². The van der Waals surface area contributed by atoms with Crippen molar-refractivity contribution in [3.63, 3.8) is 0 Å². The first-order chi connectivity index (χ1) is 13.4. The summed E-state index contributed by atoms with van der Waals surface area (Å²) in [6.45, 7) is -0.0888. The average Bonchev–Trinajstić information content (AvgIpc) is 2.70. The standard InChI is InChI=1S/C19H21ClN2O6/c1-25-15-6-11(7-16(26-2)18(15)27-3)9-22-17(23)10-28-14-5-4-12(20)8-13(14)19(21)24/h4-8H,9-10H2,1-3H3,(H2,21,24)(H,22,23). The number of nitrogens with two attached hydrogens (primary N) is 1. The summed E-state index contributed by atoms with van der Waals surface area (Å²) in [5.41, 5.74) is 6.14. The van der Waals surface area contributed by atoms with Crippen molar-refractivity contribution >= 4 is 23.4 Å². The van der Waals surface area contributed by atoms with Crippen molar-refractivity contribution in [2.75, 3.05) is 27.9 Å². The number of ether oxygens (including phenoxy) is 4. The molecule has 0 bridgehead atoms. The molecule has 28 heavy (non-hydrogen) atoms. The van der Waals surface area contributed by atoms with E-state index in [0.29, 0.717) is 22.3 Å². The molecule has 0 spiro atoms. The monoisotopic (exact) mass is 408 g/mol. The predicted molar refractivity (Wildman–Crippen MR) is 103 cm³/mol. The van der Waals surface area contributed by atoms with Crippen LogP contribution in [0.3, 0.4) is 0 Å². The molecule has 0 atom stereocenters. The van der Waals surface area contributed by atoms with E-state index in [0.717, 1.165) is 5.56 Å². The lowest BCUT2D eigenvalue weighted by Crippen LogP contribution is -2.29. The van der Waals surface area contributed by atoms with Gasteiger partial charge in [0.05, 0.1) is 26.9 Å². The van der Waals surface area contributed by atoms with E-state index in [9.17, 15) is 9.59 Å². The maximum Gasteiger partial charge on any atom is 0.258 e. The lowest BCUT2D eigenvalue weighted by Gasteiger charge is -2.14. The van der Waals surface area contributed by atoms with Crippen molar-refractivity contribution in [2.45, 2.75) is 6.54 Å². The summed E-state index contributed by atoms with van der Waals surface area (Å²) in [5, 5.41) is 3.05. The first kappa shape index (κ1) is 21.2. The summed E-state index contributed by atoms with van der Waals surface area (Å²) in [7, 11) is 4.53. The number of hydrogen-bond donors (Lipinski definition) is 2. The third-order valence-corrected chi connectivity index (χ3v) is 4.02. The zero-order valence-electron chi connectivity index (χ0n) is 15.7. The molecule has 0 aliphatic carbocycles. The van der Waals surface area contributed by atoms with Crippen molar-refractivity contribution in [2.24, 2.45) is 5.73 Å². The summed E-state index contributed by atoms with van der Waals surface area (Å²) in [6, 6.07) is 7.86. The molecule has 2 aromatic carbocycles. The minimum atomic E-state index is -0.699. The fourth-order valence-corrected chi connectivity index (χ4v) is 2.63. The molecule has 2 rings (SSSR count). The highest BCUT2D eigenvalue weighted by Crippen LogP contribution is 2.38. The van der Waals surface area contributed by atoms with Crippen molar-refractivity contribution in [3.05, 3.63) is 46.5 Å². The molecule has 0 aliphatic rings. The minimum absolute atomic E-state index is 0.102. The van der Waals surface area contributed by atoms with Gasteiger partial charge in [0.25, 0.3) is 11.8 Å². The van der Waals surface area contributed by atoms with Gasteiger partial charge < -0.3 is 30.0 Å². The number of halogens is 1. The maximum atomic E-state index is 12.1. The lowest BCUT2D eigenvalue weighted by molar-refractivity contribution is -0.123. The topological polar surface area (TPSA) is 109 Å². The molecule has 0 saturated carbocycles. The molecule has 0 aliphatic heterocycles. The van der Waals surface area contributed by atoms with E-state index < -0.39 is 5.91 Å². The van der Waals surface area contributed by atoms with E-state index in [1.54, 1.807) is 12.1 Å². The third kappa shape index (κ3) is 5.20. The Morgan fingerprint density at radius 2 is 1.64 bits per heavy atom. The highest BCUT2D eigenvalue weighted by Gasteiger charge is 2.15. The van der Waals surface area contributed by atoms with Crippen LogP contribution in [0.25, 0.3) is 0 Å². The number of methoxy groups -OCH3 is 3. The van der Waals surface area contributed by atoms with Crippen molar-refractivity contribution in [1.29, 1.82) is 0 Å². The van der Waals surface area contributed by atoms with Crippen LogP contribution in [0.5, 0.6) is 23.0 Å². The molecule has 2 amide bonds. The van der Waals surface area contributed by atoms with E-state index in [4.69, 9.17) is 36.3 Å². The number of primary amides is 1. The van der Waals surface area contributed by atoms with Crippen molar-refractivity contribution in [3.8, 4) is 23.0 Å². The Kier molecular flexibility index (Phi) is 7.34. The van der Waals surface area contributed by atoms with Gasteiger partial charge in [-0.25, -0.2) is 0 Å². The number of amides is 2. The van der Waals surface area contributed by atoms with Crippen LogP contribution < -0.4 is 30.0 Å². The SMILES string of the molecule is COc1cc(CNC(=O)COc2ccc(Cl)cc2C(N)=O)cc(OC)c1OC. The summed E-state index contributed by atoms with van der Waals surface area (Å²) < 4.78 is 21.2. The molecule has 8 nitrogen and oxygen atoms in total. The van der Waals surface area contributed by atoms with Gasteiger partial charge in [-0.1, -0.05) is 11.6 Å². The molecular formula is C19H21ClN2O6. The Hall–Kier alpha value is -3.13. The fourth-order valence-electron chi connectivity index (χ4n) is 2.45. The Morgan fingerprint density at radius 1 is 1.00 bits per heavy atom. The second-order valence-electron chi connectivity index (χ2n) is 5.60. The van der Waals surface area contributed by atoms with Crippen LogP contribution in [0.15, 0.2) is 30.3 Å². The number of nitrogens with one attached hydrogen (secondary N) is 1. The summed E-state index contributed by atoms with van der Waals surface area (Å²) in [6.07, 6.45) is 0. The van der Waals surface area contributed by atoms with Gasteiger partial charge in [-0.15, -0.1) is 0 Å². The average molecular weight is 409 g/mol. The second kappa shape index (κ2) is 9.70. The lowest BCUT2D eigenvalue weighted by atomic mass is 10.1. The molecule has 2 aromatic rings. The zero-order chi connectivity index (χ0) is 20.7. The van der Waals surface area contributed by atoms with E-state index in [1.165, 1.54) is 39.5 Å². The van der Waals surface area contributed by atoms with Gasteiger partial charge in [-0.3, -0.25) is 9.59 Å². The van der Waals surface area contributed by atoms with Crippen molar-refractivity contribution < 1.29 is 28.5 Å². The Labute approximate surface area is 167 Å². The number of benzene rings is 2. The molecule has 0 fully saturated rings. The Balaban J connectivity index is 2.01. The third-order valence-electron chi connectivity index (χ3n) is 3.78. The minimum Gasteiger partial charge on any atom is -0.493 e. The van der Waals surface area contributed by atoms with Crippen LogP contribution in [0.2, 0.25) is 5.02 Å². The van der Waals surface area contributed by atoms with Crippen LogP contribution in [0.1, 0.15) is 15.9 Å². The molecule has 9 heteroatoms. The van der Waals surface area contributed by atoms with E-state index in [-0.39, 0.29) is 30.4 Å². The molecule has 0 aromatic heterocycles. The van der Waals surface area contributed by atoms with Gasteiger partial charge in [0.1, 0.15) is 5.75 Å². The molecule has 0 heterocycles. The van der Waals surface area contributed by atoms with Crippen molar-refractivity contribution in [1.82, 2.24) is 5.32 Å². The largest absolute Gasteiger partial charge is 0.493 e. The van der Waals surface area contributed by atoms with E-state index in [2.05, 4.69) is 5.32 Å². The van der Waals surface area contributed by atoms with Gasteiger partial charge in [0, 0.05) is 11.6 Å². The van der Waals surface area contributed by atoms with Crippen LogP contribution in [0, 0.1) is 0 Å². The zero-order valence-corrected chi connectivity index (χ0v) is 16.5. The van der Waals surface area contributed by atoms with Gasteiger partial charge >= 0.3 is 0 Å². The summed E-state index contributed by atoms with van der Waals surface area (Å²) in [5.74, 6) is 0.517. The van der Waals surface area contributed by atoms with Crippen LogP contribution >= 0.6 is 11.6 Å². The Morgan fingerprint density at radius 3 is 2.18 bits per heavy atom. The Bertz CT molecular complexity index is 846. The molecule has 0 saturated heterocycles. The molecule has 0 radical (unpaired) electrons. The molecular weight excluding hydrogens is 388 g/mol. The first-order valence-corrected chi connectivity index (χ1v) is 8.55. The normalized spacial score (nSPS) is 10.1. The van der Waals surface area contributed by atoms with Crippen LogP contribution in [-0.2, 0) is 11.3 Å². The van der Waals surface area contributed by atoms with Gasteiger partial charge in [0.15, 0.2) is 18.1 Å². The molecule has 0 unspecified atom stereocenters. The summed E-state index contributed by atoms with van der Waals surface area (Å²) in [4.78, 5) is 23.6. The van der Waals surface area contributed by atoms with Crippen LogP contribution in [0.4, 0.5) is 0 Å². The quantitative estimate of drug-likeness (QED) is 0.658. The molecule has 3 N–H and O–H groups in total. The highest BCUT2D eigenvalue weighted by molar-refractivity contribution is 6.31. The fraction of sp³-hybridized carbons (Fsp3) is 0.263. The van der Waals surface area contributed by atoms with E-state index in [1.807, 2.05) is 0 Å². The second-order valence-corrected chi connectivity index (χ2v) is 6.04. The highest BCUT2D eigenvalue weighted by atomic mass is 35.5.